The Labute approximate surface area is 127 Å². The Morgan fingerprint density at radius 1 is 1.14 bits per heavy atom. The monoisotopic (exact) mass is 296 g/mol. The molecule has 0 atom stereocenters. The van der Waals surface area contributed by atoms with Crippen molar-refractivity contribution in [2.75, 3.05) is 0 Å². The lowest BCUT2D eigenvalue weighted by Crippen LogP contribution is -2.14. The van der Waals surface area contributed by atoms with E-state index in [1.807, 2.05) is 18.2 Å². The van der Waals surface area contributed by atoms with Gasteiger partial charge in [0.05, 0.1) is 12.0 Å². The molecule has 1 aromatic carbocycles. The van der Waals surface area contributed by atoms with E-state index in [0.717, 1.165) is 23.0 Å². The van der Waals surface area contributed by atoms with Crippen molar-refractivity contribution in [1.82, 2.24) is 10.3 Å². The van der Waals surface area contributed by atoms with Gasteiger partial charge in [-0.3, -0.25) is 0 Å². The molecule has 4 rings (SSSR count). The second-order valence-corrected chi connectivity index (χ2v) is 6.37. The first-order valence-electron chi connectivity index (χ1n) is 7.22. The van der Waals surface area contributed by atoms with Crippen LogP contribution in [-0.2, 0) is 6.54 Å². The van der Waals surface area contributed by atoms with Gasteiger partial charge >= 0.3 is 0 Å². The first-order valence-corrected chi connectivity index (χ1v) is 8.04. The van der Waals surface area contributed by atoms with Gasteiger partial charge in [-0.15, -0.1) is 11.3 Å². The highest BCUT2D eigenvalue weighted by atomic mass is 32.1. The summed E-state index contributed by atoms with van der Waals surface area (Å²) in [6.45, 7) is 0.882. The smallest absolute Gasteiger partial charge is 0.162 e. The standard InChI is InChI=1S/C17H16N2OS/c1-2-5-12(6-3-1)16-15(11-18-13-8-9-13)21-17(19-16)14-7-4-10-20-14/h1-7,10,13,18H,8-9,11H2. The van der Waals surface area contributed by atoms with Gasteiger partial charge in [0.1, 0.15) is 0 Å². The number of benzene rings is 1. The van der Waals surface area contributed by atoms with E-state index in [9.17, 15) is 0 Å². The SMILES string of the molecule is c1ccc(-c2nc(-c3ccco3)sc2CNC2CC2)cc1. The maximum atomic E-state index is 5.49. The predicted molar refractivity (Wildman–Crippen MR) is 85.1 cm³/mol. The summed E-state index contributed by atoms with van der Waals surface area (Å²) in [4.78, 5) is 6.08. The zero-order chi connectivity index (χ0) is 14.1. The molecule has 3 nitrogen and oxygen atoms in total. The van der Waals surface area contributed by atoms with Crippen molar-refractivity contribution < 1.29 is 4.42 Å². The van der Waals surface area contributed by atoms with E-state index >= 15 is 0 Å². The molecule has 0 amide bonds. The Bertz CT molecular complexity index is 715. The van der Waals surface area contributed by atoms with Gasteiger partial charge in [-0.25, -0.2) is 4.98 Å². The molecule has 3 aromatic rings. The Kier molecular flexibility index (Phi) is 3.33. The van der Waals surface area contributed by atoms with Crippen LogP contribution in [0.2, 0.25) is 0 Å². The summed E-state index contributed by atoms with van der Waals surface area (Å²) in [7, 11) is 0. The quantitative estimate of drug-likeness (QED) is 0.762. The molecule has 0 spiro atoms. The van der Waals surface area contributed by atoms with Crippen molar-refractivity contribution in [1.29, 1.82) is 0 Å². The summed E-state index contributed by atoms with van der Waals surface area (Å²) in [6, 6.07) is 14.9. The van der Waals surface area contributed by atoms with Crippen molar-refractivity contribution >= 4 is 11.3 Å². The summed E-state index contributed by atoms with van der Waals surface area (Å²) in [6.07, 6.45) is 4.29. The van der Waals surface area contributed by atoms with Gasteiger partial charge in [0, 0.05) is 23.0 Å². The molecule has 0 aliphatic heterocycles. The molecule has 2 heterocycles. The molecule has 106 valence electrons. The third-order valence-electron chi connectivity index (χ3n) is 3.61. The molecule has 1 saturated carbocycles. The molecule has 1 aliphatic carbocycles. The fourth-order valence-electron chi connectivity index (χ4n) is 2.32. The van der Waals surface area contributed by atoms with E-state index in [4.69, 9.17) is 9.40 Å². The lowest BCUT2D eigenvalue weighted by atomic mass is 10.1. The number of nitrogens with zero attached hydrogens (tertiary/aromatic N) is 1. The average molecular weight is 296 g/mol. The maximum absolute atomic E-state index is 5.49. The van der Waals surface area contributed by atoms with Crippen LogP contribution in [0.25, 0.3) is 22.0 Å². The normalized spacial score (nSPS) is 14.5. The van der Waals surface area contributed by atoms with Crippen molar-refractivity contribution in [2.45, 2.75) is 25.4 Å². The third kappa shape index (κ3) is 2.77. The number of hydrogen-bond acceptors (Lipinski definition) is 4. The van der Waals surface area contributed by atoms with Crippen LogP contribution in [-0.4, -0.2) is 11.0 Å². The molecule has 1 N–H and O–H groups in total. The number of hydrogen-bond donors (Lipinski definition) is 1. The highest BCUT2D eigenvalue weighted by molar-refractivity contribution is 7.15. The van der Waals surface area contributed by atoms with E-state index in [1.165, 1.54) is 23.3 Å². The molecule has 2 aromatic heterocycles. The summed E-state index contributed by atoms with van der Waals surface area (Å²) in [5.41, 5.74) is 2.24. The molecule has 21 heavy (non-hydrogen) atoms. The highest BCUT2D eigenvalue weighted by Gasteiger charge is 2.22. The molecule has 0 bridgehead atoms. The van der Waals surface area contributed by atoms with E-state index < -0.39 is 0 Å². The maximum Gasteiger partial charge on any atom is 0.162 e. The van der Waals surface area contributed by atoms with Crippen LogP contribution in [0, 0.1) is 0 Å². The Morgan fingerprint density at radius 3 is 2.71 bits per heavy atom. The van der Waals surface area contributed by atoms with Gasteiger partial charge < -0.3 is 9.73 Å². The van der Waals surface area contributed by atoms with Crippen molar-refractivity contribution in [2.24, 2.45) is 0 Å². The lowest BCUT2D eigenvalue weighted by Gasteiger charge is -2.03. The first-order chi connectivity index (χ1) is 10.4. The third-order valence-corrected chi connectivity index (χ3v) is 4.68. The van der Waals surface area contributed by atoms with Crippen LogP contribution in [0.5, 0.6) is 0 Å². The van der Waals surface area contributed by atoms with E-state index in [-0.39, 0.29) is 0 Å². The van der Waals surface area contributed by atoms with Gasteiger partial charge in [0.2, 0.25) is 0 Å². The number of thiazole rings is 1. The number of aromatic nitrogens is 1. The Hall–Kier alpha value is -1.91. The van der Waals surface area contributed by atoms with Gasteiger partial charge in [-0.1, -0.05) is 30.3 Å². The van der Waals surface area contributed by atoms with Crippen molar-refractivity contribution in [3.63, 3.8) is 0 Å². The van der Waals surface area contributed by atoms with Gasteiger partial charge in [-0.05, 0) is 25.0 Å². The molecule has 0 unspecified atom stereocenters. The van der Waals surface area contributed by atoms with Gasteiger partial charge in [0.25, 0.3) is 0 Å². The zero-order valence-corrected chi connectivity index (χ0v) is 12.4. The molecular formula is C17H16N2OS. The predicted octanol–water partition coefficient (Wildman–Crippen LogP) is 4.32. The summed E-state index contributed by atoms with van der Waals surface area (Å²) >= 11 is 1.71. The van der Waals surface area contributed by atoms with Gasteiger partial charge in [-0.2, -0.15) is 0 Å². The number of rotatable bonds is 5. The molecule has 0 saturated heterocycles. The fraction of sp³-hybridized carbons (Fsp3) is 0.235. The van der Waals surface area contributed by atoms with E-state index in [0.29, 0.717) is 6.04 Å². The summed E-state index contributed by atoms with van der Waals surface area (Å²) in [5, 5.41) is 4.53. The Balaban J connectivity index is 1.71. The van der Waals surface area contributed by atoms with Crippen LogP contribution in [0.3, 0.4) is 0 Å². The Morgan fingerprint density at radius 2 is 2.00 bits per heavy atom. The topological polar surface area (TPSA) is 38.1 Å². The van der Waals surface area contributed by atoms with Crippen LogP contribution < -0.4 is 5.32 Å². The van der Waals surface area contributed by atoms with Crippen molar-refractivity contribution in [3.05, 3.63) is 53.6 Å². The molecule has 4 heteroatoms. The largest absolute Gasteiger partial charge is 0.462 e. The van der Waals surface area contributed by atoms with Crippen LogP contribution in [0.4, 0.5) is 0 Å². The van der Waals surface area contributed by atoms with E-state index in [2.05, 4.69) is 29.6 Å². The molecule has 1 fully saturated rings. The average Bonchev–Trinajstić information content (AvgIpc) is 3.03. The number of nitrogens with one attached hydrogen (secondary N) is 1. The minimum absolute atomic E-state index is 0.697. The van der Waals surface area contributed by atoms with Crippen LogP contribution in [0.1, 0.15) is 17.7 Å². The minimum Gasteiger partial charge on any atom is -0.462 e. The van der Waals surface area contributed by atoms with E-state index in [1.54, 1.807) is 17.6 Å². The van der Waals surface area contributed by atoms with Gasteiger partial charge in [0.15, 0.2) is 10.8 Å². The second kappa shape index (κ2) is 5.47. The van der Waals surface area contributed by atoms with Crippen molar-refractivity contribution in [3.8, 4) is 22.0 Å². The zero-order valence-electron chi connectivity index (χ0n) is 11.6. The summed E-state index contributed by atoms with van der Waals surface area (Å²) < 4.78 is 5.49. The molecule has 1 aliphatic rings. The molecular weight excluding hydrogens is 280 g/mol. The van der Waals surface area contributed by atoms with Crippen LogP contribution >= 0.6 is 11.3 Å². The number of furan rings is 1. The lowest BCUT2D eigenvalue weighted by molar-refractivity contribution is 0.582. The first kappa shape index (κ1) is 12.8. The summed E-state index contributed by atoms with van der Waals surface area (Å²) in [5.74, 6) is 0.842. The fourth-order valence-corrected chi connectivity index (χ4v) is 3.33. The highest BCUT2D eigenvalue weighted by Crippen LogP contribution is 2.34. The van der Waals surface area contributed by atoms with Crippen LogP contribution in [0.15, 0.2) is 53.1 Å². The minimum atomic E-state index is 0.697. The second-order valence-electron chi connectivity index (χ2n) is 5.29. The molecule has 0 radical (unpaired) electrons.